The highest BCUT2D eigenvalue weighted by Gasteiger charge is 2.56. The SMILES string of the molecule is CC[C@@H](C(=O)NC)N1CC2(CCNC(=O)C2)C1=O. The van der Waals surface area contributed by atoms with Crippen molar-refractivity contribution in [3.63, 3.8) is 0 Å². The summed E-state index contributed by atoms with van der Waals surface area (Å²) in [5, 5.41) is 5.30. The van der Waals surface area contributed by atoms with Gasteiger partial charge in [-0.25, -0.2) is 0 Å². The van der Waals surface area contributed by atoms with Gasteiger partial charge in [0, 0.05) is 26.6 Å². The normalized spacial score (nSPS) is 28.7. The van der Waals surface area contributed by atoms with Gasteiger partial charge in [-0.1, -0.05) is 6.92 Å². The molecule has 1 unspecified atom stereocenters. The van der Waals surface area contributed by atoms with Gasteiger partial charge in [0.15, 0.2) is 0 Å². The van der Waals surface area contributed by atoms with E-state index >= 15 is 0 Å². The number of likely N-dealkylation sites (N-methyl/N-ethyl adjacent to an activating group) is 1. The Kier molecular flexibility index (Phi) is 3.28. The molecule has 18 heavy (non-hydrogen) atoms. The van der Waals surface area contributed by atoms with E-state index in [1.807, 2.05) is 6.92 Å². The van der Waals surface area contributed by atoms with Crippen LogP contribution in [0.4, 0.5) is 0 Å². The van der Waals surface area contributed by atoms with Gasteiger partial charge in [0.05, 0.1) is 5.41 Å². The molecule has 2 fully saturated rings. The van der Waals surface area contributed by atoms with Crippen LogP contribution in [0.15, 0.2) is 0 Å². The van der Waals surface area contributed by atoms with E-state index in [9.17, 15) is 14.4 Å². The number of likely N-dealkylation sites (tertiary alicyclic amines) is 1. The third-order valence-corrected chi connectivity index (χ3v) is 3.92. The number of hydrogen-bond acceptors (Lipinski definition) is 3. The molecule has 2 aliphatic heterocycles. The van der Waals surface area contributed by atoms with Crippen molar-refractivity contribution < 1.29 is 14.4 Å². The number of nitrogens with one attached hydrogen (secondary N) is 2. The Bertz CT molecular complexity index is 396. The quantitative estimate of drug-likeness (QED) is 0.650. The van der Waals surface area contributed by atoms with Gasteiger partial charge in [0.2, 0.25) is 17.7 Å². The van der Waals surface area contributed by atoms with Crippen molar-refractivity contribution in [1.29, 1.82) is 0 Å². The summed E-state index contributed by atoms with van der Waals surface area (Å²) in [5.74, 6) is -0.254. The fraction of sp³-hybridized carbons (Fsp3) is 0.750. The predicted octanol–water partition coefficient (Wildman–Crippen LogP) is -0.750. The largest absolute Gasteiger partial charge is 0.357 e. The molecule has 0 aromatic rings. The first-order chi connectivity index (χ1) is 8.54. The molecule has 2 saturated heterocycles. The molecule has 2 N–H and O–H groups in total. The Morgan fingerprint density at radius 1 is 1.56 bits per heavy atom. The van der Waals surface area contributed by atoms with Crippen LogP contribution >= 0.6 is 0 Å². The molecule has 100 valence electrons. The predicted molar refractivity (Wildman–Crippen MR) is 64.5 cm³/mol. The molecule has 3 amide bonds. The van der Waals surface area contributed by atoms with E-state index in [4.69, 9.17) is 0 Å². The van der Waals surface area contributed by atoms with E-state index in [2.05, 4.69) is 10.6 Å². The number of rotatable bonds is 3. The molecular formula is C12H19N3O3. The summed E-state index contributed by atoms with van der Waals surface area (Å²) in [5.41, 5.74) is -0.538. The summed E-state index contributed by atoms with van der Waals surface area (Å²) in [6, 6.07) is -0.405. The van der Waals surface area contributed by atoms with Crippen molar-refractivity contribution in [3.8, 4) is 0 Å². The maximum Gasteiger partial charge on any atom is 0.242 e. The summed E-state index contributed by atoms with van der Waals surface area (Å²) in [6.45, 7) is 2.95. The van der Waals surface area contributed by atoms with Gasteiger partial charge in [-0.15, -0.1) is 0 Å². The first-order valence-corrected chi connectivity index (χ1v) is 6.33. The Morgan fingerprint density at radius 2 is 2.28 bits per heavy atom. The third-order valence-electron chi connectivity index (χ3n) is 3.92. The smallest absolute Gasteiger partial charge is 0.242 e. The highest BCUT2D eigenvalue weighted by molar-refractivity contribution is 5.97. The van der Waals surface area contributed by atoms with Crippen molar-refractivity contribution in [2.24, 2.45) is 5.41 Å². The lowest BCUT2D eigenvalue weighted by atomic mass is 9.70. The van der Waals surface area contributed by atoms with E-state index in [0.717, 1.165) is 0 Å². The number of nitrogens with zero attached hydrogens (tertiary/aromatic N) is 1. The molecule has 2 heterocycles. The fourth-order valence-corrected chi connectivity index (χ4v) is 2.86. The number of β-lactam (4-membered cyclic amide) rings is 1. The van der Waals surface area contributed by atoms with Crippen LogP contribution in [-0.2, 0) is 14.4 Å². The zero-order valence-electron chi connectivity index (χ0n) is 10.8. The molecule has 0 bridgehead atoms. The number of amides is 3. The summed E-state index contributed by atoms with van der Waals surface area (Å²) in [4.78, 5) is 36.9. The summed E-state index contributed by atoms with van der Waals surface area (Å²) in [6.07, 6.45) is 1.53. The van der Waals surface area contributed by atoms with Gasteiger partial charge < -0.3 is 15.5 Å². The van der Waals surface area contributed by atoms with E-state index in [1.54, 1.807) is 11.9 Å². The second-order valence-electron chi connectivity index (χ2n) is 5.03. The van der Waals surface area contributed by atoms with Crippen LogP contribution in [0.5, 0.6) is 0 Å². The van der Waals surface area contributed by atoms with Crippen LogP contribution in [0.2, 0.25) is 0 Å². The maximum atomic E-state index is 12.3. The Labute approximate surface area is 106 Å². The average Bonchev–Trinajstić information content (AvgIpc) is 2.38. The molecule has 1 spiro atoms. The molecule has 6 heteroatoms. The lowest BCUT2D eigenvalue weighted by molar-refractivity contribution is -0.172. The van der Waals surface area contributed by atoms with Crippen LogP contribution in [-0.4, -0.2) is 48.8 Å². The summed E-state index contributed by atoms with van der Waals surface area (Å²) >= 11 is 0. The van der Waals surface area contributed by atoms with Gasteiger partial charge in [-0.05, 0) is 12.8 Å². The monoisotopic (exact) mass is 253 g/mol. The molecule has 2 rings (SSSR count). The molecule has 0 saturated carbocycles. The zero-order chi connectivity index (χ0) is 13.3. The van der Waals surface area contributed by atoms with E-state index in [-0.39, 0.29) is 24.1 Å². The molecule has 6 nitrogen and oxygen atoms in total. The van der Waals surface area contributed by atoms with Gasteiger partial charge in [-0.2, -0.15) is 0 Å². The van der Waals surface area contributed by atoms with E-state index in [1.165, 1.54) is 0 Å². The van der Waals surface area contributed by atoms with Crippen LogP contribution in [0, 0.1) is 5.41 Å². The molecule has 2 atom stereocenters. The first kappa shape index (κ1) is 12.9. The van der Waals surface area contributed by atoms with E-state index in [0.29, 0.717) is 25.9 Å². The molecule has 0 aromatic carbocycles. The summed E-state index contributed by atoms with van der Waals surface area (Å²) in [7, 11) is 1.57. The average molecular weight is 253 g/mol. The minimum absolute atomic E-state index is 0.0483. The van der Waals surface area contributed by atoms with Gasteiger partial charge >= 0.3 is 0 Å². The van der Waals surface area contributed by atoms with Crippen LogP contribution in [0.3, 0.4) is 0 Å². The lowest BCUT2D eigenvalue weighted by Crippen LogP contribution is -2.69. The lowest BCUT2D eigenvalue weighted by Gasteiger charge is -2.52. The number of piperidine rings is 1. The summed E-state index contributed by atoms with van der Waals surface area (Å²) < 4.78 is 0. The Morgan fingerprint density at radius 3 is 2.78 bits per heavy atom. The highest BCUT2D eigenvalue weighted by Crippen LogP contribution is 2.41. The minimum Gasteiger partial charge on any atom is -0.357 e. The number of hydrogen-bond donors (Lipinski definition) is 2. The molecule has 0 radical (unpaired) electrons. The zero-order valence-corrected chi connectivity index (χ0v) is 10.8. The van der Waals surface area contributed by atoms with Crippen molar-refractivity contribution >= 4 is 17.7 Å². The van der Waals surface area contributed by atoms with Crippen molar-refractivity contribution in [2.45, 2.75) is 32.2 Å². The Balaban J connectivity index is 2.06. The molecular weight excluding hydrogens is 234 g/mol. The maximum absolute atomic E-state index is 12.3. The number of carbonyl (C=O) groups excluding carboxylic acids is 3. The topological polar surface area (TPSA) is 78.5 Å². The van der Waals surface area contributed by atoms with E-state index < -0.39 is 11.5 Å². The van der Waals surface area contributed by atoms with Crippen LogP contribution in [0.25, 0.3) is 0 Å². The molecule has 2 aliphatic rings. The second kappa shape index (κ2) is 4.59. The minimum atomic E-state index is -0.538. The van der Waals surface area contributed by atoms with Gasteiger partial charge in [0.25, 0.3) is 0 Å². The highest BCUT2D eigenvalue weighted by atomic mass is 16.2. The first-order valence-electron chi connectivity index (χ1n) is 6.33. The van der Waals surface area contributed by atoms with Crippen molar-refractivity contribution in [1.82, 2.24) is 15.5 Å². The molecule has 0 aliphatic carbocycles. The van der Waals surface area contributed by atoms with Crippen LogP contribution < -0.4 is 10.6 Å². The standard InChI is InChI=1S/C12H19N3O3/c1-3-8(10(17)13-2)15-7-12(11(15)18)4-5-14-9(16)6-12/h8H,3-7H2,1-2H3,(H,13,17)(H,14,16)/t8-,12?/m0/s1. The van der Waals surface area contributed by atoms with Crippen LogP contribution in [0.1, 0.15) is 26.2 Å². The third kappa shape index (κ3) is 1.85. The number of carbonyl (C=O) groups is 3. The fourth-order valence-electron chi connectivity index (χ4n) is 2.86. The van der Waals surface area contributed by atoms with Gasteiger partial charge in [0.1, 0.15) is 6.04 Å². The van der Waals surface area contributed by atoms with Crippen molar-refractivity contribution in [2.75, 3.05) is 20.1 Å². The second-order valence-corrected chi connectivity index (χ2v) is 5.03. The Hall–Kier alpha value is -1.59. The van der Waals surface area contributed by atoms with Gasteiger partial charge in [-0.3, -0.25) is 14.4 Å². The van der Waals surface area contributed by atoms with Crippen molar-refractivity contribution in [3.05, 3.63) is 0 Å². The molecule has 0 aromatic heterocycles.